The standard InChI is InChI=1S/C11H8ClFN2O/c12-9-4-1-3-8(10(9)13)7-15-6-2-5-14-11(15)16/h1-6H,7H2. The Morgan fingerprint density at radius 3 is 2.94 bits per heavy atom. The first kappa shape index (κ1) is 10.8. The number of hydrogen-bond acceptors (Lipinski definition) is 2. The molecule has 0 aliphatic rings. The molecule has 0 fully saturated rings. The average Bonchev–Trinajstić information content (AvgIpc) is 2.28. The highest BCUT2D eigenvalue weighted by molar-refractivity contribution is 6.30. The molecule has 0 atom stereocenters. The molecule has 0 saturated heterocycles. The lowest BCUT2D eigenvalue weighted by Gasteiger charge is -2.06. The van der Waals surface area contributed by atoms with Crippen LogP contribution in [0, 0.1) is 5.82 Å². The minimum Gasteiger partial charge on any atom is -0.295 e. The van der Waals surface area contributed by atoms with Crippen LogP contribution >= 0.6 is 11.6 Å². The van der Waals surface area contributed by atoms with E-state index in [2.05, 4.69) is 4.98 Å². The highest BCUT2D eigenvalue weighted by Crippen LogP contribution is 2.18. The lowest BCUT2D eigenvalue weighted by atomic mass is 10.2. The zero-order valence-corrected chi connectivity index (χ0v) is 8.99. The van der Waals surface area contributed by atoms with Crippen molar-refractivity contribution in [3.63, 3.8) is 0 Å². The molecule has 2 aromatic rings. The molecular weight excluding hydrogens is 231 g/mol. The summed E-state index contributed by atoms with van der Waals surface area (Å²) < 4.78 is 14.9. The molecule has 0 aliphatic heterocycles. The zero-order valence-electron chi connectivity index (χ0n) is 8.23. The smallest absolute Gasteiger partial charge is 0.295 e. The molecule has 0 amide bonds. The third kappa shape index (κ3) is 2.12. The number of halogens is 2. The van der Waals surface area contributed by atoms with Gasteiger partial charge in [0.1, 0.15) is 5.82 Å². The minimum atomic E-state index is -0.500. The molecule has 2 rings (SSSR count). The molecule has 16 heavy (non-hydrogen) atoms. The Morgan fingerprint density at radius 2 is 2.19 bits per heavy atom. The number of benzene rings is 1. The maximum Gasteiger partial charge on any atom is 0.347 e. The van der Waals surface area contributed by atoms with E-state index in [1.165, 1.54) is 16.8 Å². The number of hydrogen-bond donors (Lipinski definition) is 0. The van der Waals surface area contributed by atoms with Crippen LogP contribution in [0.25, 0.3) is 0 Å². The summed E-state index contributed by atoms with van der Waals surface area (Å²) in [6.45, 7) is 0.124. The molecule has 5 heteroatoms. The summed E-state index contributed by atoms with van der Waals surface area (Å²) in [6, 6.07) is 6.30. The molecule has 3 nitrogen and oxygen atoms in total. The maximum absolute atomic E-state index is 13.6. The molecule has 0 saturated carbocycles. The molecule has 0 bridgehead atoms. The summed E-state index contributed by atoms with van der Waals surface area (Å²) in [7, 11) is 0. The fraction of sp³-hybridized carbons (Fsp3) is 0.0909. The van der Waals surface area contributed by atoms with Crippen LogP contribution in [0.3, 0.4) is 0 Å². The first-order valence-electron chi connectivity index (χ1n) is 4.63. The number of rotatable bonds is 2. The van der Waals surface area contributed by atoms with Gasteiger partial charge in [0, 0.05) is 18.0 Å². The fourth-order valence-electron chi connectivity index (χ4n) is 1.36. The van der Waals surface area contributed by atoms with Crippen LogP contribution in [0.2, 0.25) is 5.02 Å². The van der Waals surface area contributed by atoms with Gasteiger partial charge in [-0.15, -0.1) is 0 Å². The Kier molecular flexibility index (Phi) is 3.01. The van der Waals surface area contributed by atoms with Crippen molar-refractivity contribution in [3.05, 3.63) is 63.5 Å². The van der Waals surface area contributed by atoms with Crippen LogP contribution < -0.4 is 5.69 Å². The van der Waals surface area contributed by atoms with E-state index in [0.717, 1.165) is 0 Å². The van der Waals surface area contributed by atoms with Crippen LogP contribution in [0.5, 0.6) is 0 Å². The normalized spacial score (nSPS) is 10.4. The van der Waals surface area contributed by atoms with Gasteiger partial charge in [0.25, 0.3) is 0 Å². The van der Waals surface area contributed by atoms with Gasteiger partial charge in [-0.25, -0.2) is 14.2 Å². The molecule has 0 spiro atoms. The second-order valence-corrected chi connectivity index (χ2v) is 3.65. The van der Waals surface area contributed by atoms with Crippen molar-refractivity contribution in [3.8, 4) is 0 Å². The van der Waals surface area contributed by atoms with E-state index >= 15 is 0 Å². The van der Waals surface area contributed by atoms with Crippen LogP contribution in [0.4, 0.5) is 4.39 Å². The SMILES string of the molecule is O=c1ncccn1Cc1cccc(Cl)c1F. The van der Waals surface area contributed by atoms with Crippen molar-refractivity contribution in [2.75, 3.05) is 0 Å². The lowest BCUT2D eigenvalue weighted by molar-refractivity contribution is 0.593. The Balaban J connectivity index is 2.38. The molecule has 0 N–H and O–H groups in total. The van der Waals surface area contributed by atoms with Crippen molar-refractivity contribution >= 4 is 11.6 Å². The summed E-state index contributed by atoms with van der Waals surface area (Å²) in [5.74, 6) is -0.500. The van der Waals surface area contributed by atoms with Gasteiger partial charge in [0.05, 0.1) is 11.6 Å². The highest BCUT2D eigenvalue weighted by Gasteiger charge is 2.07. The Labute approximate surface area is 96.1 Å². The summed E-state index contributed by atoms with van der Waals surface area (Å²) in [6.07, 6.45) is 2.95. The summed E-state index contributed by atoms with van der Waals surface area (Å²) in [5, 5.41) is 0.0504. The van der Waals surface area contributed by atoms with Gasteiger partial charge in [-0.1, -0.05) is 23.7 Å². The van der Waals surface area contributed by atoms with Gasteiger partial charge in [-0.2, -0.15) is 0 Å². The van der Waals surface area contributed by atoms with Gasteiger partial charge in [0.2, 0.25) is 0 Å². The van der Waals surface area contributed by atoms with E-state index in [1.54, 1.807) is 24.4 Å². The number of aromatic nitrogens is 2. The highest BCUT2D eigenvalue weighted by atomic mass is 35.5. The van der Waals surface area contributed by atoms with Crippen LogP contribution in [0.1, 0.15) is 5.56 Å². The van der Waals surface area contributed by atoms with E-state index in [1.807, 2.05) is 0 Å². The number of nitrogens with zero attached hydrogens (tertiary/aromatic N) is 2. The third-order valence-corrected chi connectivity index (χ3v) is 2.45. The Bertz CT molecular complexity index is 568. The van der Waals surface area contributed by atoms with Gasteiger partial charge in [0.15, 0.2) is 0 Å². The van der Waals surface area contributed by atoms with E-state index in [-0.39, 0.29) is 11.6 Å². The van der Waals surface area contributed by atoms with Crippen LogP contribution in [-0.2, 0) is 6.54 Å². The summed E-state index contributed by atoms with van der Waals surface area (Å²) >= 11 is 5.64. The van der Waals surface area contributed by atoms with E-state index in [9.17, 15) is 9.18 Å². The molecule has 0 unspecified atom stereocenters. The van der Waals surface area contributed by atoms with Gasteiger partial charge >= 0.3 is 5.69 Å². The lowest BCUT2D eigenvalue weighted by Crippen LogP contribution is -2.22. The summed E-state index contributed by atoms with van der Waals surface area (Å²) in [5.41, 5.74) is -0.0514. The first-order chi connectivity index (χ1) is 7.68. The van der Waals surface area contributed by atoms with Gasteiger partial charge < -0.3 is 0 Å². The predicted octanol–water partition coefficient (Wildman–Crippen LogP) is 2.08. The molecule has 82 valence electrons. The monoisotopic (exact) mass is 238 g/mol. The van der Waals surface area contributed by atoms with Crippen LogP contribution in [0.15, 0.2) is 41.5 Å². The molecule has 1 heterocycles. The second-order valence-electron chi connectivity index (χ2n) is 3.24. The van der Waals surface area contributed by atoms with E-state index < -0.39 is 11.5 Å². The van der Waals surface area contributed by atoms with Crippen molar-refractivity contribution in [1.29, 1.82) is 0 Å². The Hall–Kier alpha value is -1.68. The summed E-state index contributed by atoms with van der Waals surface area (Å²) in [4.78, 5) is 14.9. The molecule has 0 aliphatic carbocycles. The molecule has 0 radical (unpaired) electrons. The molecule has 1 aromatic heterocycles. The first-order valence-corrected chi connectivity index (χ1v) is 5.00. The van der Waals surface area contributed by atoms with Gasteiger partial charge in [-0.3, -0.25) is 4.57 Å². The third-order valence-electron chi connectivity index (χ3n) is 2.16. The predicted molar refractivity (Wildman–Crippen MR) is 59.0 cm³/mol. The second kappa shape index (κ2) is 4.45. The van der Waals surface area contributed by atoms with E-state index in [4.69, 9.17) is 11.6 Å². The van der Waals surface area contributed by atoms with Gasteiger partial charge in [-0.05, 0) is 12.1 Å². The minimum absolute atomic E-state index is 0.0504. The Morgan fingerprint density at radius 1 is 1.38 bits per heavy atom. The largest absolute Gasteiger partial charge is 0.347 e. The fourth-order valence-corrected chi connectivity index (χ4v) is 1.56. The van der Waals surface area contributed by atoms with Crippen molar-refractivity contribution in [2.45, 2.75) is 6.54 Å². The van der Waals surface area contributed by atoms with Crippen molar-refractivity contribution in [2.24, 2.45) is 0 Å². The molecular formula is C11H8ClFN2O. The van der Waals surface area contributed by atoms with Crippen molar-refractivity contribution in [1.82, 2.24) is 9.55 Å². The quantitative estimate of drug-likeness (QED) is 0.803. The topological polar surface area (TPSA) is 34.9 Å². The van der Waals surface area contributed by atoms with Crippen molar-refractivity contribution < 1.29 is 4.39 Å². The average molecular weight is 239 g/mol. The molecule has 1 aromatic carbocycles. The van der Waals surface area contributed by atoms with Crippen LogP contribution in [-0.4, -0.2) is 9.55 Å². The maximum atomic E-state index is 13.6. The van der Waals surface area contributed by atoms with E-state index in [0.29, 0.717) is 5.56 Å². The zero-order chi connectivity index (χ0) is 11.5.